The number of unbranched alkanes of at least 4 members (excludes halogenated alkanes) is 2. The van der Waals surface area contributed by atoms with Crippen LogP contribution in [-0.4, -0.2) is 33.3 Å². The Hall–Kier alpha value is -1.17. The lowest BCUT2D eigenvalue weighted by Crippen LogP contribution is -2.08. The van der Waals surface area contributed by atoms with E-state index in [0.717, 1.165) is 32.4 Å². The van der Waals surface area contributed by atoms with Gasteiger partial charge in [0.05, 0.1) is 0 Å². The Balaban J connectivity index is 2.10. The number of nitrogens with two attached hydrogens (primary N) is 1. The maximum absolute atomic E-state index is 5.37. The summed E-state index contributed by atoms with van der Waals surface area (Å²) in [4.78, 5) is 0. The van der Waals surface area contributed by atoms with Crippen molar-refractivity contribution in [3.63, 3.8) is 0 Å². The molecule has 1 rings (SSSR count). The molecule has 6 nitrogen and oxygen atoms in total. The lowest BCUT2D eigenvalue weighted by atomic mass is 10.2. The molecule has 0 radical (unpaired) electrons. The van der Waals surface area contributed by atoms with Crippen molar-refractivity contribution in [2.45, 2.75) is 19.3 Å². The van der Waals surface area contributed by atoms with Gasteiger partial charge in [0.2, 0.25) is 5.95 Å². The first kappa shape index (κ1) is 9.91. The van der Waals surface area contributed by atoms with Crippen molar-refractivity contribution in [1.82, 2.24) is 20.2 Å². The number of anilines is 1. The van der Waals surface area contributed by atoms with Gasteiger partial charge in [-0.2, -0.15) is 0 Å². The first-order valence-corrected chi connectivity index (χ1v) is 4.51. The fourth-order valence-electron chi connectivity index (χ4n) is 1.03. The highest BCUT2D eigenvalue weighted by Gasteiger charge is 1.98. The van der Waals surface area contributed by atoms with E-state index in [1.54, 1.807) is 4.68 Å². The summed E-state index contributed by atoms with van der Waals surface area (Å²) in [6.45, 7) is 1.67. The summed E-state index contributed by atoms with van der Waals surface area (Å²) in [5.74, 6) is 0.716. The van der Waals surface area contributed by atoms with E-state index < -0.39 is 0 Å². The van der Waals surface area contributed by atoms with Gasteiger partial charge in [0.15, 0.2) is 0 Å². The van der Waals surface area contributed by atoms with Crippen LogP contribution in [0.15, 0.2) is 0 Å². The van der Waals surface area contributed by atoms with E-state index in [4.69, 9.17) is 5.73 Å². The molecule has 0 spiro atoms. The van der Waals surface area contributed by atoms with Crippen LogP contribution in [-0.2, 0) is 7.05 Å². The number of nitrogens with one attached hydrogen (secondary N) is 1. The third-order valence-electron chi connectivity index (χ3n) is 1.78. The number of tetrazole rings is 1. The molecule has 0 saturated heterocycles. The number of hydrogen-bond donors (Lipinski definition) is 2. The SMILES string of the molecule is Cn1nnnc1NCCCCCN. The number of nitrogens with zero attached hydrogens (tertiary/aromatic N) is 4. The molecule has 1 aromatic rings. The van der Waals surface area contributed by atoms with Gasteiger partial charge < -0.3 is 11.1 Å². The topological polar surface area (TPSA) is 81.7 Å². The molecule has 74 valence electrons. The fourth-order valence-corrected chi connectivity index (χ4v) is 1.03. The molecule has 0 aliphatic heterocycles. The number of aromatic nitrogens is 4. The van der Waals surface area contributed by atoms with Crippen molar-refractivity contribution in [3.8, 4) is 0 Å². The lowest BCUT2D eigenvalue weighted by Gasteiger charge is -2.02. The normalized spacial score (nSPS) is 10.3. The predicted octanol–water partition coefficient (Wildman–Crippen LogP) is -0.249. The van der Waals surface area contributed by atoms with Crippen molar-refractivity contribution in [3.05, 3.63) is 0 Å². The third kappa shape index (κ3) is 3.37. The first-order valence-electron chi connectivity index (χ1n) is 4.51. The van der Waals surface area contributed by atoms with Crippen LogP contribution in [0.25, 0.3) is 0 Å². The second kappa shape index (κ2) is 5.47. The molecular weight excluding hydrogens is 168 g/mol. The average molecular weight is 184 g/mol. The Bertz CT molecular complexity index is 233. The molecule has 0 bridgehead atoms. The molecule has 1 aromatic heterocycles. The van der Waals surface area contributed by atoms with Crippen molar-refractivity contribution >= 4 is 5.95 Å². The monoisotopic (exact) mass is 184 g/mol. The van der Waals surface area contributed by atoms with Crippen molar-refractivity contribution in [2.24, 2.45) is 12.8 Å². The molecule has 3 N–H and O–H groups in total. The quantitative estimate of drug-likeness (QED) is 0.596. The molecule has 0 atom stereocenters. The van der Waals surface area contributed by atoms with Crippen molar-refractivity contribution < 1.29 is 0 Å². The van der Waals surface area contributed by atoms with Crippen molar-refractivity contribution in [1.29, 1.82) is 0 Å². The fraction of sp³-hybridized carbons (Fsp3) is 0.857. The van der Waals surface area contributed by atoms with E-state index in [0.29, 0.717) is 5.95 Å². The Morgan fingerprint density at radius 3 is 2.85 bits per heavy atom. The van der Waals surface area contributed by atoms with Crippen LogP contribution in [0.3, 0.4) is 0 Å². The number of hydrogen-bond acceptors (Lipinski definition) is 5. The molecule has 0 amide bonds. The van der Waals surface area contributed by atoms with E-state index in [1.807, 2.05) is 7.05 Å². The predicted molar refractivity (Wildman–Crippen MR) is 50.2 cm³/mol. The molecule has 0 aliphatic carbocycles. The van der Waals surface area contributed by atoms with Crippen LogP contribution in [0.4, 0.5) is 5.95 Å². The zero-order valence-electron chi connectivity index (χ0n) is 7.90. The number of aryl methyl sites for hydroxylation is 1. The summed E-state index contributed by atoms with van der Waals surface area (Å²) in [5.41, 5.74) is 5.37. The second-order valence-electron chi connectivity index (χ2n) is 2.90. The van der Waals surface area contributed by atoms with E-state index in [2.05, 4.69) is 20.8 Å². The highest BCUT2D eigenvalue weighted by atomic mass is 15.6. The molecule has 13 heavy (non-hydrogen) atoms. The standard InChI is InChI=1S/C7H16N6/c1-13-7(10-11-12-13)9-6-4-2-3-5-8/h2-6,8H2,1H3,(H,9,10,12). The van der Waals surface area contributed by atoms with Gasteiger partial charge in [0.25, 0.3) is 0 Å². The zero-order chi connectivity index (χ0) is 9.52. The minimum Gasteiger partial charge on any atom is -0.353 e. The Morgan fingerprint density at radius 1 is 1.38 bits per heavy atom. The van der Waals surface area contributed by atoms with Gasteiger partial charge in [-0.05, 0) is 29.8 Å². The molecule has 0 saturated carbocycles. The first-order chi connectivity index (χ1) is 6.34. The minimum absolute atomic E-state index is 0.716. The van der Waals surface area contributed by atoms with Crippen LogP contribution in [0.1, 0.15) is 19.3 Å². The third-order valence-corrected chi connectivity index (χ3v) is 1.78. The molecule has 0 aromatic carbocycles. The van der Waals surface area contributed by atoms with E-state index in [-0.39, 0.29) is 0 Å². The maximum atomic E-state index is 5.37. The van der Waals surface area contributed by atoms with Crippen molar-refractivity contribution in [2.75, 3.05) is 18.4 Å². The average Bonchev–Trinajstić information content (AvgIpc) is 2.52. The van der Waals surface area contributed by atoms with Gasteiger partial charge in [-0.3, -0.25) is 0 Å². The molecule has 1 heterocycles. The summed E-state index contributed by atoms with van der Waals surface area (Å²) in [7, 11) is 1.81. The van der Waals surface area contributed by atoms with Gasteiger partial charge in [-0.15, -0.1) is 0 Å². The zero-order valence-corrected chi connectivity index (χ0v) is 7.90. The molecule has 0 aliphatic rings. The van der Waals surface area contributed by atoms with Crippen LogP contribution >= 0.6 is 0 Å². The van der Waals surface area contributed by atoms with E-state index in [9.17, 15) is 0 Å². The number of rotatable bonds is 6. The Labute approximate surface area is 77.5 Å². The van der Waals surface area contributed by atoms with Gasteiger partial charge in [0, 0.05) is 13.6 Å². The van der Waals surface area contributed by atoms with Gasteiger partial charge in [0.1, 0.15) is 0 Å². The van der Waals surface area contributed by atoms with Gasteiger partial charge >= 0.3 is 0 Å². The van der Waals surface area contributed by atoms with Crippen LogP contribution < -0.4 is 11.1 Å². The Kier molecular flexibility index (Phi) is 4.17. The second-order valence-corrected chi connectivity index (χ2v) is 2.90. The van der Waals surface area contributed by atoms with E-state index in [1.165, 1.54) is 0 Å². The Morgan fingerprint density at radius 2 is 2.23 bits per heavy atom. The highest BCUT2D eigenvalue weighted by Crippen LogP contribution is 1.98. The minimum atomic E-state index is 0.716. The van der Waals surface area contributed by atoms with Crippen LogP contribution in [0.5, 0.6) is 0 Å². The molecule has 0 unspecified atom stereocenters. The van der Waals surface area contributed by atoms with E-state index >= 15 is 0 Å². The van der Waals surface area contributed by atoms with Crippen LogP contribution in [0.2, 0.25) is 0 Å². The maximum Gasteiger partial charge on any atom is 0.242 e. The summed E-state index contributed by atoms with van der Waals surface area (Å²) >= 11 is 0. The molecule has 6 heteroatoms. The largest absolute Gasteiger partial charge is 0.353 e. The molecule has 0 fully saturated rings. The summed E-state index contributed by atoms with van der Waals surface area (Å²) in [5, 5.41) is 14.2. The highest BCUT2D eigenvalue weighted by molar-refractivity contribution is 5.20. The molecular formula is C7H16N6. The smallest absolute Gasteiger partial charge is 0.242 e. The van der Waals surface area contributed by atoms with Crippen LogP contribution in [0, 0.1) is 0 Å². The summed E-state index contributed by atoms with van der Waals surface area (Å²) < 4.78 is 1.61. The lowest BCUT2D eigenvalue weighted by molar-refractivity contribution is 0.691. The summed E-state index contributed by atoms with van der Waals surface area (Å²) in [6, 6.07) is 0. The van der Waals surface area contributed by atoms with Gasteiger partial charge in [-0.25, -0.2) is 4.68 Å². The summed E-state index contributed by atoms with van der Waals surface area (Å²) in [6.07, 6.45) is 3.33. The van der Waals surface area contributed by atoms with Gasteiger partial charge in [-0.1, -0.05) is 11.5 Å².